The van der Waals surface area contributed by atoms with Gasteiger partial charge in [0.05, 0.1) is 17.7 Å². The first-order valence-electron chi connectivity index (χ1n) is 12.9. The Morgan fingerprint density at radius 2 is 1.78 bits per heavy atom. The fourth-order valence-electron chi connectivity index (χ4n) is 5.54. The molecule has 0 radical (unpaired) electrons. The average Bonchev–Trinajstić information content (AvgIpc) is 3.52. The van der Waals surface area contributed by atoms with Crippen LogP contribution in [0.25, 0.3) is 0 Å². The van der Waals surface area contributed by atoms with Gasteiger partial charge in [-0.2, -0.15) is 4.31 Å². The topological polar surface area (TPSA) is 99.3 Å². The van der Waals surface area contributed by atoms with E-state index in [-0.39, 0.29) is 49.1 Å². The number of amides is 2. The molecular formula is C27H34N4O5S. The second-order valence-electron chi connectivity index (χ2n) is 10.1. The molecule has 9 nitrogen and oxygen atoms in total. The molecule has 0 saturated carbocycles. The smallest absolute Gasteiger partial charge is 0.250 e. The van der Waals surface area contributed by atoms with Gasteiger partial charge in [0, 0.05) is 31.9 Å². The fraction of sp³-hybridized carbons (Fsp3) is 0.481. The fourth-order valence-corrected chi connectivity index (χ4v) is 6.98. The van der Waals surface area contributed by atoms with E-state index in [0.717, 1.165) is 30.7 Å². The minimum absolute atomic E-state index is 0.0326. The number of hydrogen-bond acceptors (Lipinski definition) is 6. The maximum atomic E-state index is 13.8. The Bertz CT molecular complexity index is 1220. The zero-order valence-electron chi connectivity index (χ0n) is 21.1. The summed E-state index contributed by atoms with van der Waals surface area (Å²) in [4.78, 5) is 30.4. The SMILES string of the molecule is Cc1ccc(S(=O)(=O)N2CCC3(CC2)C(=O)N(CC(=O)NC[C@H]2CCCO2)CN3c2ccccc2)cc1. The highest BCUT2D eigenvalue weighted by atomic mass is 32.2. The minimum Gasteiger partial charge on any atom is -0.376 e. The predicted molar refractivity (Wildman–Crippen MR) is 139 cm³/mol. The Morgan fingerprint density at radius 1 is 1.08 bits per heavy atom. The molecule has 37 heavy (non-hydrogen) atoms. The summed E-state index contributed by atoms with van der Waals surface area (Å²) in [6, 6.07) is 16.5. The lowest BCUT2D eigenvalue weighted by molar-refractivity contribution is -0.137. The van der Waals surface area contributed by atoms with E-state index in [1.807, 2.05) is 42.2 Å². The number of para-hydroxylation sites is 1. The number of sulfonamides is 1. The quantitative estimate of drug-likeness (QED) is 0.594. The van der Waals surface area contributed by atoms with Crippen molar-refractivity contribution in [1.82, 2.24) is 14.5 Å². The largest absolute Gasteiger partial charge is 0.376 e. The molecule has 3 heterocycles. The summed E-state index contributed by atoms with van der Waals surface area (Å²) in [6.07, 6.45) is 2.65. The van der Waals surface area contributed by atoms with Gasteiger partial charge in [-0.25, -0.2) is 8.42 Å². The highest BCUT2D eigenvalue weighted by molar-refractivity contribution is 7.89. The molecule has 198 valence electrons. The van der Waals surface area contributed by atoms with Crippen LogP contribution in [0.4, 0.5) is 5.69 Å². The standard InChI is InChI=1S/C27H34N4O5S/c1-21-9-11-24(12-10-21)37(34,35)30-15-13-27(14-16-30)26(33)29(20-31(27)22-6-3-2-4-7-22)19-25(32)28-18-23-8-5-17-36-23/h2-4,6-7,9-12,23H,5,8,13-20H2,1H3,(H,28,32)/t23-/m1/s1. The summed E-state index contributed by atoms with van der Waals surface area (Å²) in [5, 5.41) is 2.90. The molecule has 2 amide bonds. The van der Waals surface area contributed by atoms with Crippen LogP contribution in [0.3, 0.4) is 0 Å². The van der Waals surface area contributed by atoms with Crippen LogP contribution >= 0.6 is 0 Å². The maximum absolute atomic E-state index is 13.8. The van der Waals surface area contributed by atoms with Crippen LogP contribution in [0.15, 0.2) is 59.5 Å². The van der Waals surface area contributed by atoms with Crippen LogP contribution in [0.5, 0.6) is 0 Å². The Morgan fingerprint density at radius 3 is 2.43 bits per heavy atom. The van der Waals surface area contributed by atoms with E-state index in [1.54, 1.807) is 29.2 Å². The molecule has 2 aromatic rings. The normalized spacial score (nSPS) is 22.1. The first-order chi connectivity index (χ1) is 17.8. The summed E-state index contributed by atoms with van der Waals surface area (Å²) in [5.74, 6) is -0.343. The average molecular weight is 527 g/mol. The van der Waals surface area contributed by atoms with Crippen molar-refractivity contribution in [3.63, 3.8) is 0 Å². The molecule has 2 aromatic carbocycles. The Hall–Kier alpha value is -2.95. The number of nitrogens with one attached hydrogen (secondary N) is 1. The Kier molecular flexibility index (Phi) is 7.24. The lowest BCUT2D eigenvalue weighted by Crippen LogP contribution is -2.57. The summed E-state index contributed by atoms with van der Waals surface area (Å²) in [6.45, 7) is 3.77. The van der Waals surface area contributed by atoms with Crippen molar-refractivity contribution in [3.8, 4) is 0 Å². The number of ether oxygens (including phenoxy) is 1. The number of aryl methyl sites for hydroxylation is 1. The molecule has 3 fully saturated rings. The summed E-state index contributed by atoms with van der Waals surface area (Å²) < 4.78 is 33.6. The van der Waals surface area contributed by atoms with Crippen LogP contribution in [-0.2, 0) is 24.3 Å². The van der Waals surface area contributed by atoms with Crippen molar-refractivity contribution in [2.75, 3.05) is 44.4 Å². The van der Waals surface area contributed by atoms with Gasteiger partial charge in [-0.05, 0) is 56.9 Å². The predicted octanol–water partition coefficient (Wildman–Crippen LogP) is 2.12. The maximum Gasteiger partial charge on any atom is 0.250 e. The summed E-state index contributed by atoms with van der Waals surface area (Å²) >= 11 is 0. The third kappa shape index (κ3) is 5.10. The van der Waals surface area contributed by atoms with E-state index in [1.165, 1.54) is 4.31 Å². The van der Waals surface area contributed by atoms with Gasteiger partial charge >= 0.3 is 0 Å². The van der Waals surface area contributed by atoms with Crippen LogP contribution in [0, 0.1) is 6.92 Å². The second kappa shape index (κ2) is 10.4. The molecule has 1 N–H and O–H groups in total. The molecular weight excluding hydrogens is 492 g/mol. The van der Waals surface area contributed by atoms with Crippen LogP contribution in [0.1, 0.15) is 31.2 Å². The van der Waals surface area contributed by atoms with E-state index in [4.69, 9.17) is 4.74 Å². The van der Waals surface area contributed by atoms with Gasteiger partial charge in [-0.15, -0.1) is 0 Å². The van der Waals surface area contributed by atoms with Crippen molar-refractivity contribution < 1.29 is 22.7 Å². The van der Waals surface area contributed by atoms with Gasteiger partial charge in [0.25, 0.3) is 0 Å². The highest BCUT2D eigenvalue weighted by Gasteiger charge is 2.55. The van der Waals surface area contributed by atoms with Crippen molar-refractivity contribution in [1.29, 1.82) is 0 Å². The number of piperidine rings is 1. The van der Waals surface area contributed by atoms with Gasteiger partial charge in [-0.3, -0.25) is 9.59 Å². The first kappa shape index (κ1) is 25.7. The van der Waals surface area contributed by atoms with Gasteiger partial charge in [-0.1, -0.05) is 35.9 Å². The molecule has 5 rings (SSSR count). The number of carbonyl (C=O) groups is 2. The zero-order valence-corrected chi connectivity index (χ0v) is 22.0. The Balaban J connectivity index is 1.32. The molecule has 0 aliphatic carbocycles. The van der Waals surface area contributed by atoms with E-state index < -0.39 is 15.6 Å². The lowest BCUT2D eigenvalue weighted by atomic mass is 9.86. The van der Waals surface area contributed by atoms with E-state index >= 15 is 0 Å². The van der Waals surface area contributed by atoms with E-state index in [0.29, 0.717) is 19.4 Å². The van der Waals surface area contributed by atoms with Crippen LogP contribution < -0.4 is 10.2 Å². The lowest BCUT2D eigenvalue weighted by Gasteiger charge is -2.42. The van der Waals surface area contributed by atoms with E-state index in [2.05, 4.69) is 5.32 Å². The molecule has 3 aliphatic heterocycles. The molecule has 3 aliphatic rings. The molecule has 10 heteroatoms. The Labute approximate surface area is 218 Å². The number of rotatable bonds is 7. The summed E-state index contributed by atoms with van der Waals surface area (Å²) in [7, 11) is -3.66. The monoisotopic (exact) mass is 526 g/mol. The van der Waals surface area contributed by atoms with Crippen molar-refractivity contribution >= 4 is 27.5 Å². The van der Waals surface area contributed by atoms with E-state index in [9.17, 15) is 18.0 Å². The van der Waals surface area contributed by atoms with Crippen LogP contribution in [-0.4, -0.2) is 80.5 Å². The van der Waals surface area contributed by atoms with Gasteiger partial charge in [0.2, 0.25) is 21.8 Å². The molecule has 0 bridgehead atoms. The minimum atomic E-state index is -3.66. The number of carbonyl (C=O) groups excluding carboxylic acids is 2. The molecule has 1 atom stereocenters. The highest BCUT2D eigenvalue weighted by Crippen LogP contribution is 2.40. The van der Waals surface area contributed by atoms with Crippen molar-refractivity contribution in [2.24, 2.45) is 0 Å². The summed E-state index contributed by atoms with van der Waals surface area (Å²) in [5.41, 5.74) is 0.981. The van der Waals surface area contributed by atoms with Crippen molar-refractivity contribution in [2.45, 2.75) is 49.1 Å². The van der Waals surface area contributed by atoms with Gasteiger partial charge in [0.15, 0.2) is 0 Å². The number of nitrogens with zero attached hydrogens (tertiary/aromatic N) is 3. The zero-order chi connectivity index (χ0) is 26.0. The molecule has 1 spiro atoms. The van der Waals surface area contributed by atoms with Gasteiger partial charge in [0.1, 0.15) is 12.1 Å². The first-order valence-corrected chi connectivity index (χ1v) is 14.3. The number of anilines is 1. The molecule has 0 aromatic heterocycles. The number of benzene rings is 2. The van der Waals surface area contributed by atoms with Crippen molar-refractivity contribution in [3.05, 3.63) is 60.2 Å². The molecule has 3 saturated heterocycles. The van der Waals surface area contributed by atoms with Crippen LogP contribution in [0.2, 0.25) is 0 Å². The molecule has 0 unspecified atom stereocenters. The van der Waals surface area contributed by atoms with Gasteiger partial charge < -0.3 is 19.9 Å². The third-order valence-corrected chi connectivity index (χ3v) is 9.59. The third-order valence-electron chi connectivity index (χ3n) is 7.68. The second-order valence-corrected chi connectivity index (χ2v) is 12.0. The number of hydrogen-bond donors (Lipinski definition) is 1.